The summed E-state index contributed by atoms with van der Waals surface area (Å²) in [6.45, 7) is 0. The molecule has 0 aliphatic rings. The van der Waals surface area contributed by atoms with Gasteiger partial charge in [0.15, 0.2) is 0 Å². The van der Waals surface area contributed by atoms with Crippen LogP contribution in [0.1, 0.15) is 0 Å². The Morgan fingerprint density at radius 2 is 2.00 bits per heavy atom. The van der Waals surface area contributed by atoms with Gasteiger partial charge in [-0.25, -0.2) is 5.10 Å². The van der Waals surface area contributed by atoms with Crippen LogP contribution >= 0.6 is 11.6 Å². The number of ether oxygens (including phenoxy) is 1. The van der Waals surface area contributed by atoms with E-state index in [1.54, 1.807) is 24.3 Å². The molecule has 5 heteroatoms. The monoisotopic (exact) mass is 222 g/mol. The molecular weight excluding hydrogens is 216 g/mol. The second kappa shape index (κ2) is 4.14. The summed E-state index contributed by atoms with van der Waals surface area (Å²) in [5, 5.41) is 6.45. The second-order valence-electron chi connectivity index (χ2n) is 2.79. The number of hydrogen-bond acceptors (Lipinski definition) is 3. The third-order valence-corrected chi connectivity index (χ3v) is 2.02. The van der Waals surface area contributed by atoms with Gasteiger partial charge in [-0.2, -0.15) is 0 Å². The SMILES string of the molecule is O=c1ccc(Oc2ccccc2Cl)n[nH]1. The Bertz CT molecular complexity index is 504. The van der Waals surface area contributed by atoms with E-state index in [0.29, 0.717) is 16.7 Å². The lowest BCUT2D eigenvalue weighted by Crippen LogP contribution is -2.05. The lowest BCUT2D eigenvalue weighted by molar-refractivity contribution is 0.454. The molecule has 0 unspecified atom stereocenters. The molecule has 0 atom stereocenters. The molecule has 0 aliphatic heterocycles. The standard InChI is InChI=1S/C10H7ClN2O2/c11-7-3-1-2-4-8(7)15-10-6-5-9(14)12-13-10/h1-6H,(H,12,14). The van der Waals surface area contributed by atoms with Gasteiger partial charge in [0.2, 0.25) is 5.88 Å². The van der Waals surface area contributed by atoms with Crippen molar-refractivity contribution in [2.45, 2.75) is 0 Å². The number of rotatable bonds is 2. The summed E-state index contributed by atoms with van der Waals surface area (Å²) < 4.78 is 5.35. The van der Waals surface area contributed by atoms with Crippen LogP contribution in [0.25, 0.3) is 0 Å². The van der Waals surface area contributed by atoms with Crippen molar-refractivity contribution in [3.05, 3.63) is 51.8 Å². The third kappa shape index (κ3) is 2.35. The molecule has 76 valence electrons. The zero-order chi connectivity index (χ0) is 10.7. The number of para-hydroxylation sites is 1. The molecule has 1 aromatic carbocycles. The van der Waals surface area contributed by atoms with Crippen molar-refractivity contribution in [2.24, 2.45) is 0 Å². The maximum atomic E-state index is 10.7. The van der Waals surface area contributed by atoms with Crippen molar-refractivity contribution < 1.29 is 4.74 Å². The molecule has 2 aromatic rings. The number of benzene rings is 1. The van der Waals surface area contributed by atoms with E-state index >= 15 is 0 Å². The Labute approximate surface area is 90.5 Å². The van der Waals surface area contributed by atoms with Crippen LogP contribution in [0.15, 0.2) is 41.2 Å². The molecule has 0 amide bonds. The van der Waals surface area contributed by atoms with Gasteiger partial charge in [-0.15, -0.1) is 5.10 Å². The predicted octanol–water partition coefficient (Wildman–Crippen LogP) is 2.22. The quantitative estimate of drug-likeness (QED) is 0.848. The van der Waals surface area contributed by atoms with Gasteiger partial charge in [-0.1, -0.05) is 23.7 Å². The van der Waals surface area contributed by atoms with Crippen LogP contribution in [-0.2, 0) is 0 Å². The van der Waals surface area contributed by atoms with E-state index in [-0.39, 0.29) is 5.56 Å². The van der Waals surface area contributed by atoms with E-state index in [4.69, 9.17) is 16.3 Å². The van der Waals surface area contributed by atoms with Crippen LogP contribution in [0.3, 0.4) is 0 Å². The second-order valence-corrected chi connectivity index (χ2v) is 3.20. The minimum atomic E-state index is -0.276. The first-order valence-corrected chi connectivity index (χ1v) is 4.61. The third-order valence-electron chi connectivity index (χ3n) is 1.70. The molecule has 0 spiro atoms. The molecule has 15 heavy (non-hydrogen) atoms. The lowest BCUT2D eigenvalue weighted by Gasteiger charge is -2.04. The van der Waals surface area contributed by atoms with Gasteiger partial charge >= 0.3 is 0 Å². The maximum Gasteiger partial charge on any atom is 0.264 e. The van der Waals surface area contributed by atoms with Gasteiger partial charge in [0.05, 0.1) is 5.02 Å². The van der Waals surface area contributed by atoms with Crippen LogP contribution < -0.4 is 10.3 Å². The first kappa shape index (κ1) is 9.73. The highest BCUT2D eigenvalue weighted by Gasteiger charge is 2.02. The van der Waals surface area contributed by atoms with Crippen molar-refractivity contribution in [1.82, 2.24) is 10.2 Å². The van der Waals surface area contributed by atoms with Crippen molar-refractivity contribution >= 4 is 11.6 Å². The molecule has 1 heterocycles. The molecule has 4 nitrogen and oxygen atoms in total. The number of nitrogens with one attached hydrogen (secondary N) is 1. The van der Waals surface area contributed by atoms with Crippen LogP contribution in [-0.4, -0.2) is 10.2 Å². The highest BCUT2D eigenvalue weighted by Crippen LogP contribution is 2.26. The summed E-state index contributed by atoms with van der Waals surface area (Å²) in [6, 6.07) is 9.83. The fourth-order valence-electron chi connectivity index (χ4n) is 1.03. The summed E-state index contributed by atoms with van der Waals surface area (Å²) in [4.78, 5) is 10.7. The molecule has 0 radical (unpaired) electrons. The molecule has 1 aromatic heterocycles. The maximum absolute atomic E-state index is 10.7. The molecular formula is C10H7ClN2O2. The largest absolute Gasteiger partial charge is 0.436 e. The molecule has 1 N–H and O–H groups in total. The minimum Gasteiger partial charge on any atom is -0.436 e. The first-order valence-electron chi connectivity index (χ1n) is 4.24. The number of halogens is 1. The smallest absolute Gasteiger partial charge is 0.264 e. The highest BCUT2D eigenvalue weighted by molar-refractivity contribution is 6.32. The Morgan fingerprint density at radius 1 is 1.20 bits per heavy atom. The van der Waals surface area contributed by atoms with E-state index in [9.17, 15) is 4.79 Å². The Balaban J connectivity index is 2.26. The lowest BCUT2D eigenvalue weighted by atomic mass is 10.3. The topological polar surface area (TPSA) is 55.0 Å². The minimum absolute atomic E-state index is 0.276. The number of aromatic amines is 1. The van der Waals surface area contributed by atoms with Gasteiger partial charge in [0.25, 0.3) is 5.56 Å². The van der Waals surface area contributed by atoms with Gasteiger partial charge in [0.1, 0.15) is 5.75 Å². The number of hydrogen-bond donors (Lipinski definition) is 1. The molecule has 0 bridgehead atoms. The average molecular weight is 223 g/mol. The van der Waals surface area contributed by atoms with E-state index in [1.165, 1.54) is 12.1 Å². The number of H-pyrrole nitrogens is 1. The molecule has 0 saturated carbocycles. The van der Waals surface area contributed by atoms with Gasteiger partial charge in [-0.3, -0.25) is 4.79 Å². The fourth-order valence-corrected chi connectivity index (χ4v) is 1.20. The summed E-state index contributed by atoms with van der Waals surface area (Å²) in [5.41, 5.74) is -0.276. The summed E-state index contributed by atoms with van der Waals surface area (Å²) >= 11 is 5.88. The van der Waals surface area contributed by atoms with Crippen LogP contribution in [0, 0.1) is 0 Å². The van der Waals surface area contributed by atoms with E-state index in [1.807, 2.05) is 0 Å². The van der Waals surface area contributed by atoms with Gasteiger partial charge in [0, 0.05) is 12.1 Å². The number of aromatic nitrogens is 2. The van der Waals surface area contributed by atoms with E-state index < -0.39 is 0 Å². The Hall–Kier alpha value is -1.81. The van der Waals surface area contributed by atoms with Gasteiger partial charge in [-0.05, 0) is 12.1 Å². The zero-order valence-electron chi connectivity index (χ0n) is 7.61. The average Bonchev–Trinajstić information content (AvgIpc) is 2.25. The zero-order valence-corrected chi connectivity index (χ0v) is 8.36. The summed E-state index contributed by atoms with van der Waals surface area (Å²) in [5.74, 6) is 0.793. The van der Waals surface area contributed by atoms with Crippen molar-refractivity contribution in [1.29, 1.82) is 0 Å². The van der Waals surface area contributed by atoms with E-state index in [2.05, 4.69) is 10.2 Å². The van der Waals surface area contributed by atoms with Crippen LogP contribution in [0.5, 0.6) is 11.6 Å². The normalized spacial score (nSPS) is 9.93. The van der Waals surface area contributed by atoms with E-state index in [0.717, 1.165) is 0 Å². The molecule has 0 fully saturated rings. The summed E-state index contributed by atoms with van der Waals surface area (Å²) in [7, 11) is 0. The summed E-state index contributed by atoms with van der Waals surface area (Å²) in [6.07, 6.45) is 0. The van der Waals surface area contributed by atoms with Gasteiger partial charge < -0.3 is 4.74 Å². The van der Waals surface area contributed by atoms with Crippen LogP contribution in [0.4, 0.5) is 0 Å². The van der Waals surface area contributed by atoms with Crippen LogP contribution in [0.2, 0.25) is 5.02 Å². The van der Waals surface area contributed by atoms with Crippen molar-refractivity contribution in [2.75, 3.05) is 0 Å². The predicted molar refractivity (Wildman–Crippen MR) is 56.4 cm³/mol. The van der Waals surface area contributed by atoms with Crippen molar-refractivity contribution in [3.8, 4) is 11.6 Å². The Kier molecular flexibility index (Phi) is 2.69. The molecule has 2 rings (SSSR count). The number of nitrogens with zero attached hydrogens (tertiary/aromatic N) is 1. The fraction of sp³-hybridized carbons (Fsp3) is 0. The Morgan fingerprint density at radius 3 is 2.67 bits per heavy atom. The first-order chi connectivity index (χ1) is 7.25. The molecule has 0 aliphatic carbocycles. The highest BCUT2D eigenvalue weighted by atomic mass is 35.5. The van der Waals surface area contributed by atoms with Crippen molar-refractivity contribution in [3.63, 3.8) is 0 Å². The molecule has 0 saturated heterocycles.